The molecule has 0 spiro atoms. The zero-order valence-corrected chi connectivity index (χ0v) is 12.5. The molecule has 1 saturated heterocycles. The fourth-order valence-corrected chi connectivity index (χ4v) is 2.50. The van der Waals surface area contributed by atoms with Gasteiger partial charge in [0, 0.05) is 24.3 Å². The topological polar surface area (TPSA) is 47.0 Å². The third-order valence-electron chi connectivity index (χ3n) is 3.59. The van der Waals surface area contributed by atoms with Gasteiger partial charge in [0.1, 0.15) is 5.69 Å². The molecule has 3 rings (SSSR count). The van der Waals surface area contributed by atoms with E-state index in [1.54, 1.807) is 18.2 Å². The molecule has 1 aromatic heterocycles. The SMILES string of the molecule is Cc1cc(C(F)(F)F)nc(-c2cccc([C@@H]3CNCCO3)c2)n1. The minimum atomic E-state index is -4.49. The van der Waals surface area contributed by atoms with Crippen LogP contribution in [0.5, 0.6) is 0 Å². The summed E-state index contributed by atoms with van der Waals surface area (Å²) < 4.78 is 44.4. The number of aromatic nitrogens is 2. The van der Waals surface area contributed by atoms with Crippen LogP contribution in [-0.2, 0) is 10.9 Å². The van der Waals surface area contributed by atoms with Crippen molar-refractivity contribution in [3.63, 3.8) is 0 Å². The second-order valence-electron chi connectivity index (χ2n) is 5.40. The first-order valence-corrected chi connectivity index (χ1v) is 7.29. The quantitative estimate of drug-likeness (QED) is 0.922. The van der Waals surface area contributed by atoms with Crippen LogP contribution in [0.25, 0.3) is 11.4 Å². The fraction of sp³-hybridized carbons (Fsp3) is 0.375. The first-order valence-electron chi connectivity index (χ1n) is 7.29. The van der Waals surface area contributed by atoms with Gasteiger partial charge in [-0.25, -0.2) is 9.97 Å². The maximum absolute atomic E-state index is 12.9. The van der Waals surface area contributed by atoms with Crippen molar-refractivity contribution >= 4 is 0 Å². The normalized spacial score (nSPS) is 18.9. The monoisotopic (exact) mass is 323 g/mol. The second-order valence-corrected chi connectivity index (χ2v) is 5.40. The summed E-state index contributed by atoms with van der Waals surface area (Å²) in [7, 11) is 0. The Balaban J connectivity index is 1.97. The molecule has 23 heavy (non-hydrogen) atoms. The number of hydrogen-bond donors (Lipinski definition) is 1. The van der Waals surface area contributed by atoms with Gasteiger partial charge in [-0.05, 0) is 24.6 Å². The lowest BCUT2D eigenvalue weighted by Crippen LogP contribution is -2.33. The smallest absolute Gasteiger partial charge is 0.371 e. The van der Waals surface area contributed by atoms with Crippen molar-refractivity contribution in [3.05, 3.63) is 47.3 Å². The van der Waals surface area contributed by atoms with E-state index < -0.39 is 11.9 Å². The Hall–Kier alpha value is -1.99. The highest BCUT2D eigenvalue weighted by Gasteiger charge is 2.33. The van der Waals surface area contributed by atoms with Crippen molar-refractivity contribution < 1.29 is 17.9 Å². The van der Waals surface area contributed by atoms with E-state index in [0.29, 0.717) is 18.7 Å². The molecule has 0 bridgehead atoms. The molecule has 1 aromatic carbocycles. The largest absolute Gasteiger partial charge is 0.433 e. The summed E-state index contributed by atoms with van der Waals surface area (Å²) in [6, 6.07) is 8.10. The van der Waals surface area contributed by atoms with E-state index in [2.05, 4.69) is 15.3 Å². The van der Waals surface area contributed by atoms with E-state index in [1.807, 2.05) is 6.07 Å². The Labute approximate surface area is 131 Å². The lowest BCUT2D eigenvalue weighted by atomic mass is 10.0. The van der Waals surface area contributed by atoms with Crippen LogP contribution >= 0.6 is 0 Å². The Morgan fingerprint density at radius 3 is 2.74 bits per heavy atom. The predicted octanol–water partition coefficient (Wildman–Crippen LogP) is 3.13. The number of ether oxygens (including phenoxy) is 1. The first-order chi connectivity index (χ1) is 10.9. The highest BCUT2D eigenvalue weighted by molar-refractivity contribution is 5.56. The van der Waals surface area contributed by atoms with Gasteiger partial charge in [-0.3, -0.25) is 0 Å². The molecule has 0 amide bonds. The van der Waals surface area contributed by atoms with Crippen LogP contribution in [0.15, 0.2) is 30.3 Å². The molecule has 4 nitrogen and oxygen atoms in total. The fourth-order valence-electron chi connectivity index (χ4n) is 2.50. The maximum atomic E-state index is 12.9. The van der Waals surface area contributed by atoms with Crippen molar-refractivity contribution in [3.8, 4) is 11.4 Å². The average molecular weight is 323 g/mol. The molecule has 2 aromatic rings. The summed E-state index contributed by atoms with van der Waals surface area (Å²) >= 11 is 0. The summed E-state index contributed by atoms with van der Waals surface area (Å²) in [5, 5.41) is 3.23. The van der Waals surface area contributed by atoms with Crippen molar-refractivity contribution in [1.82, 2.24) is 15.3 Å². The minimum Gasteiger partial charge on any atom is -0.371 e. The Kier molecular flexibility index (Phi) is 4.32. The Bertz CT molecular complexity index is 697. The summed E-state index contributed by atoms with van der Waals surface area (Å²) in [4.78, 5) is 7.81. The van der Waals surface area contributed by atoms with Gasteiger partial charge >= 0.3 is 6.18 Å². The zero-order valence-electron chi connectivity index (χ0n) is 12.5. The second kappa shape index (κ2) is 6.25. The molecule has 0 saturated carbocycles. The van der Waals surface area contributed by atoms with Crippen LogP contribution in [0.4, 0.5) is 13.2 Å². The third kappa shape index (κ3) is 3.68. The van der Waals surface area contributed by atoms with Gasteiger partial charge in [-0.1, -0.05) is 18.2 Å². The van der Waals surface area contributed by atoms with E-state index in [1.165, 1.54) is 6.92 Å². The van der Waals surface area contributed by atoms with Crippen molar-refractivity contribution in [2.24, 2.45) is 0 Å². The molecule has 2 heterocycles. The lowest BCUT2D eigenvalue weighted by Gasteiger charge is -2.24. The van der Waals surface area contributed by atoms with Gasteiger partial charge < -0.3 is 10.1 Å². The average Bonchev–Trinajstić information content (AvgIpc) is 2.54. The highest BCUT2D eigenvalue weighted by atomic mass is 19.4. The molecule has 7 heteroatoms. The number of benzene rings is 1. The van der Waals surface area contributed by atoms with Gasteiger partial charge in [0.25, 0.3) is 0 Å². The van der Waals surface area contributed by atoms with E-state index in [0.717, 1.165) is 18.2 Å². The van der Waals surface area contributed by atoms with Gasteiger partial charge in [0.15, 0.2) is 5.82 Å². The van der Waals surface area contributed by atoms with Crippen molar-refractivity contribution in [2.75, 3.05) is 19.7 Å². The molecule has 1 atom stereocenters. The van der Waals surface area contributed by atoms with E-state index in [4.69, 9.17) is 4.74 Å². The summed E-state index contributed by atoms with van der Waals surface area (Å²) in [6.45, 7) is 3.60. The molecular formula is C16H16F3N3O. The third-order valence-corrected chi connectivity index (χ3v) is 3.59. The number of morpholine rings is 1. The van der Waals surface area contributed by atoms with Crippen LogP contribution in [0.3, 0.4) is 0 Å². The number of nitrogens with one attached hydrogen (secondary N) is 1. The van der Waals surface area contributed by atoms with Crippen LogP contribution < -0.4 is 5.32 Å². The number of aryl methyl sites for hydroxylation is 1. The van der Waals surface area contributed by atoms with Crippen LogP contribution in [0.1, 0.15) is 23.1 Å². The summed E-state index contributed by atoms with van der Waals surface area (Å²) in [5.74, 6) is 0.0722. The van der Waals surface area contributed by atoms with Gasteiger partial charge in [-0.15, -0.1) is 0 Å². The first kappa shape index (κ1) is 15.9. The predicted molar refractivity (Wildman–Crippen MR) is 78.8 cm³/mol. The van der Waals surface area contributed by atoms with E-state index in [9.17, 15) is 13.2 Å². The molecule has 122 valence electrons. The molecule has 0 aliphatic carbocycles. The van der Waals surface area contributed by atoms with E-state index in [-0.39, 0.29) is 17.6 Å². The molecule has 1 aliphatic rings. The lowest BCUT2D eigenvalue weighted by molar-refractivity contribution is -0.141. The highest BCUT2D eigenvalue weighted by Crippen LogP contribution is 2.30. The van der Waals surface area contributed by atoms with Crippen LogP contribution in [0.2, 0.25) is 0 Å². The van der Waals surface area contributed by atoms with Gasteiger partial charge in [-0.2, -0.15) is 13.2 Å². The number of rotatable bonds is 2. The molecule has 0 radical (unpaired) electrons. The number of nitrogens with zero attached hydrogens (tertiary/aromatic N) is 2. The standard InChI is InChI=1S/C16H16F3N3O/c1-10-7-14(16(17,18)19)22-15(21-10)12-4-2-3-11(8-12)13-9-20-5-6-23-13/h2-4,7-8,13,20H,5-6,9H2,1H3/t13-/m0/s1. The zero-order chi connectivity index (χ0) is 16.4. The summed E-state index contributed by atoms with van der Waals surface area (Å²) in [5.41, 5.74) is 0.795. The van der Waals surface area contributed by atoms with Gasteiger partial charge in [0.2, 0.25) is 0 Å². The molecule has 1 fully saturated rings. The van der Waals surface area contributed by atoms with Gasteiger partial charge in [0.05, 0.1) is 12.7 Å². The van der Waals surface area contributed by atoms with Crippen molar-refractivity contribution in [2.45, 2.75) is 19.2 Å². The van der Waals surface area contributed by atoms with E-state index >= 15 is 0 Å². The Morgan fingerprint density at radius 2 is 2.04 bits per heavy atom. The van der Waals surface area contributed by atoms with Crippen LogP contribution in [-0.4, -0.2) is 29.7 Å². The molecular weight excluding hydrogens is 307 g/mol. The number of halogens is 3. The number of hydrogen-bond acceptors (Lipinski definition) is 4. The number of alkyl halides is 3. The molecule has 0 unspecified atom stereocenters. The summed E-state index contributed by atoms with van der Waals surface area (Å²) in [6.07, 6.45) is -4.60. The molecule has 1 aliphatic heterocycles. The maximum Gasteiger partial charge on any atom is 0.433 e. The van der Waals surface area contributed by atoms with Crippen LogP contribution in [0, 0.1) is 6.92 Å². The van der Waals surface area contributed by atoms with Crippen molar-refractivity contribution in [1.29, 1.82) is 0 Å². The Morgan fingerprint density at radius 1 is 1.22 bits per heavy atom. The minimum absolute atomic E-state index is 0.0722. The molecule has 1 N–H and O–H groups in total.